The van der Waals surface area contributed by atoms with Crippen molar-refractivity contribution in [3.63, 3.8) is 0 Å². The average Bonchev–Trinajstić information content (AvgIpc) is 2.77. The molecule has 0 unspecified atom stereocenters. The fourth-order valence-corrected chi connectivity index (χ4v) is 3.80. The maximum Gasteiger partial charge on any atom is 0.309 e. The van der Waals surface area contributed by atoms with Crippen LogP contribution < -0.4 is 16.0 Å². The van der Waals surface area contributed by atoms with E-state index in [1.807, 2.05) is 0 Å². The molecule has 0 bridgehead atoms. The minimum Gasteiger partial charge on any atom is -0.481 e. The Kier molecular flexibility index (Phi) is 13.8. The molecule has 198 valence electrons. The summed E-state index contributed by atoms with van der Waals surface area (Å²) in [4.78, 5) is 61.9. The molecular formula is C22H35N3O8S2. The number of ether oxygens (including phenoxy) is 1. The van der Waals surface area contributed by atoms with Crippen molar-refractivity contribution in [3.8, 4) is 0 Å². The van der Waals surface area contributed by atoms with Crippen molar-refractivity contribution >= 4 is 54.9 Å². The van der Waals surface area contributed by atoms with E-state index in [1.165, 1.54) is 6.08 Å². The van der Waals surface area contributed by atoms with Gasteiger partial charge in [-0.05, 0) is 30.6 Å². The summed E-state index contributed by atoms with van der Waals surface area (Å²) < 4.78 is 5.38. The number of hydrogen-bond acceptors (Lipinski definition) is 9. The predicted molar refractivity (Wildman–Crippen MR) is 134 cm³/mol. The second-order valence-corrected chi connectivity index (χ2v) is 9.33. The molecule has 3 amide bonds. The third-order valence-electron chi connectivity index (χ3n) is 5.25. The highest BCUT2D eigenvalue weighted by Crippen LogP contribution is 2.14. The number of allylic oxidation sites excluding steroid dienone is 1. The Labute approximate surface area is 215 Å². The molecule has 0 saturated carbocycles. The number of carbonyl (C=O) groups excluding carboxylic acids is 4. The summed E-state index contributed by atoms with van der Waals surface area (Å²) >= 11 is 8.21. The first-order valence-corrected chi connectivity index (χ1v) is 12.6. The summed E-state index contributed by atoms with van der Waals surface area (Å²) in [7, 11) is 0. The van der Waals surface area contributed by atoms with E-state index in [1.54, 1.807) is 19.9 Å². The van der Waals surface area contributed by atoms with E-state index in [2.05, 4.69) is 41.2 Å². The van der Waals surface area contributed by atoms with Crippen LogP contribution >= 0.6 is 25.3 Å². The van der Waals surface area contributed by atoms with E-state index in [0.29, 0.717) is 12.2 Å². The van der Waals surface area contributed by atoms with Crippen molar-refractivity contribution < 1.29 is 38.9 Å². The lowest BCUT2D eigenvalue weighted by Gasteiger charge is -2.29. The van der Waals surface area contributed by atoms with Crippen LogP contribution in [0.25, 0.3) is 0 Å². The Balaban J connectivity index is 3.30. The van der Waals surface area contributed by atoms with Gasteiger partial charge in [-0.15, -0.1) is 0 Å². The van der Waals surface area contributed by atoms with Crippen LogP contribution in [-0.2, 0) is 28.7 Å². The minimum absolute atomic E-state index is 0.0991. The molecule has 1 saturated heterocycles. The number of aliphatic carboxylic acids is 1. The first-order valence-electron chi connectivity index (χ1n) is 11.4. The van der Waals surface area contributed by atoms with Gasteiger partial charge in [0.1, 0.15) is 18.2 Å². The topological polar surface area (TPSA) is 171 Å². The summed E-state index contributed by atoms with van der Waals surface area (Å²) in [6.07, 6.45) is 0.0990. The molecule has 5 N–H and O–H groups in total. The van der Waals surface area contributed by atoms with Gasteiger partial charge in [-0.25, -0.2) is 0 Å². The summed E-state index contributed by atoms with van der Waals surface area (Å²) in [6.45, 7) is 3.49. The monoisotopic (exact) mass is 533 g/mol. The largest absolute Gasteiger partial charge is 0.481 e. The van der Waals surface area contributed by atoms with Crippen LogP contribution in [0, 0.1) is 5.92 Å². The smallest absolute Gasteiger partial charge is 0.309 e. The fourth-order valence-electron chi connectivity index (χ4n) is 3.40. The number of nitrogens with one attached hydrogen (secondary N) is 3. The quantitative estimate of drug-likeness (QED) is 0.128. The van der Waals surface area contributed by atoms with Crippen LogP contribution in [0.5, 0.6) is 0 Å². The number of rotatable bonds is 8. The molecule has 5 atom stereocenters. The van der Waals surface area contributed by atoms with Crippen LogP contribution in [0.4, 0.5) is 0 Å². The summed E-state index contributed by atoms with van der Waals surface area (Å²) in [5.41, 5.74) is 0. The molecule has 1 aliphatic heterocycles. The molecule has 1 rings (SSSR count). The lowest BCUT2D eigenvalue weighted by atomic mass is 9.96. The Bertz CT molecular complexity index is 793. The van der Waals surface area contributed by atoms with Crippen LogP contribution in [0.15, 0.2) is 12.2 Å². The molecule has 0 aromatic carbocycles. The molecule has 11 nitrogen and oxygen atoms in total. The van der Waals surface area contributed by atoms with Gasteiger partial charge in [0.25, 0.3) is 0 Å². The van der Waals surface area contributed by atoms with E-state index in [4.69, 9.17) is 9.84 Å². The zero-order valence-electron chi connectivity index (χ0n) is 19.8. The van der Waals surface area contributed by atoms with Gasteiger partial charge in [-0.1, -0.05) is 19.9 Å². The lowest BCUT2D eigenvalue weighted by molar-refractivity contribution is -0.151. The second-order valence-electron chi connectivity index (χ2n) is 8.52. The van der Waals surface area contributed by atoms with E-state index in [9.17, 15) is 29.1 Å². The summed E-state index contributed by atoms with van der Waals surface area (Å²) in [6, 6.07) is -3.21. The summed E-state index contributed by atoms with van der Waals surface area (Å²) in [5.74, 6) is -3.85. The van der Waals surface area contributed by atoms with Gasteiger partial charge in [0.15, 0.2) is 0 Å². The van der Waals surface area contributed by atoms with Gasteiger partial charge in [-0.3, -0.25) is 24.0 Å². The molecule has 1 fully saturated rings. The predicted octanol–water partition coefficient (Wildman–Crippen LogP) is -0.166. The second kappa shape index (κ2) is 15.7. The minimum atomic E-state index is -1.29. The molecule has 0 radical (unpaired) electrons. The molecule has 0 spiro atoms. The van der Waals surface area contributed by atoms with E-state index in [0.717, 1.165) is 0 Å². The Morgan fingerprint density at radius 3 is 2.31 bits per heavy atom. The lowest BCUT2D eigenvalue weighted by Crippen LogP contribution is -2.57. The van der Waals surface area contributed by atoms with Crippen LogP contribution in [0.2, 0.25) is 0 Å². The highest BCUT2D eigenvalue weighted by atomic mass is 32.1. The zero-order chi connectivity index (χ0) is 26.5. The van der Waals surface area contributed by atoms with Gasteiger partial charge < -0.3 is 30.9 Å². The average molecular weight is 534 g/mol. The van der Waals surface area contributed by atoms with E-state index in [-0.39, 0.29) is 24.5 Å². The number of hydrogen-bond donors (Lipinski definition) is 7. The number of aliphatic hydroxyl groups excluding tert-OH is 1. The Hall–Kier alpha value is -2.25. The Morgan fingerprint density at radius 1 is 1.09 bits per heavy atom. The first kappa shape index (κ1) is 30.8. The number of carboxylic acid groups (broad SMARTS) is 1. The molecule has 35 heavy (non-hydrogen) atoms. The molecular weight excluding hydrogens is 498 g/mol. The van der Waals surface area contributed by atoms with Crippen molar-refractivity contribution in [2.24, 2.45) is 5.92 Å². The van der Waals surface area contributed by atoms with Crippen LogP contribution in [0.3, 0.4) is 0 Å². The molecule has 0 aliphatic carbocycles. The van der Waals surface area contributed by atoms with Crippen molar-refractivity contribution in [1.82, 2.24) is 16.0 Å². The molecule has 1 heterocycles. The number of aliphatic hydroxyl groups is 1. The normalized spacial score (nSPS) is 27.4. The van der Waals surface area contributed by atoms with Gasteiger partial charge in [0.2, 0.25) is 17.7 Å². The van der Waals surface area contributed by atoms with Crippen LogP contribution in [-0.4, -0.2) is 81.7 Å². The molecule has 1 aliphatic rings. The van der Waals surface area contributed by atoms with Gasteiger partial charge >= 0.3 is 11.9 Å². The standard InChI is InChI=1S/C22H35N3O8S2/c1-12(2)20-16(26)10-19(30)33-13(5-3-4-8-34)9-17(27)23-14(6-7-18(28)29)21(31)24-15(11-35)22(32)25-20/h3,5,12-16,20,26,34-35H,4,6-11H2,1-2H3,(H,23,27)(H,24,31)(H,25,32)(H,28,29)/t13-,14-,15-,16+,20-/m1/s1. The van der Waals surface area contributed by atoms with Crippen molar-refractivity contribution in [2.45, 2.75) is 76.3 Å². The number of thiol groups is 2. The SMILES string of the molecule is CC(C)[C@H]1NC(=O)[C@@H](CS)NC(=O)[C@@H](CCC(=O)O)NC(=O)C[C@@H](C=CCCS)OC(=O)C[C@@H]1O. The number of amides is 3. The highest BCUT2D eigenvalue weighted by molar-refractivity contribution is 7.80. The fraction of sp³-hybridized carbons (Fsp3) is 0.682. The number of esters is 1. The zero-order valence-corrected chi connectivity index (χ0v) is 21.6. The Morgan fingerprint density at radius 2 is 1.74 bits per heavy atom. The van der Waals surface area contributed by atoms with Crippen LogP contribution in [0.1, 0.15) is 46.0 Å². The number of carboxylic acids is 1. The van der Waals surface area contributed by atoms with Gasteiger partial charge in [0, 0.05) is 12.2 Å². The highest BCUT2D eigenvalue weighted by Gasteiger charge is 2.33. The van der Waals surface area contributed by atoms with Gasteiger partial charge in [0.05, 0.1) is 25.0 Å². The number of carbonyl (C=O) groups is 5. The third kappa shape index (κ3) is 11.4. The molecule has 0 aromatic heterocycles. The number of cyclic esters (lactones) is 1. The van der Waals surface area contributed by atoms with Crippen molar-refractivity contribution in [3.05, 3.63) is 12.2 Å². The molecule has 0 aromatic rings. The van der Waals surface area contributed by atoms with E-state index < -0.39 is 72.8 Å². The maximum atomic E-state index is 12.9. The van der Waals surface area contributed by atoms with Gasteiger partial charge in [-0.2, -0.15) is 25.3 Å². The van der Waals surface area contributed by atoms with Crippen molar-refractivity contribution in [1.29, 1.82) is 0 Å². The molecule has 13 heteroatoms. The first-order chi connectivity index (χ1) is 16.5. The van der Waals surface area contributed by atoms with Crippen molar-refractivity contribution in [2.75, 3.05) is 11.5 Å². The maximum absolute atomic E-state index is 12.9. The van der Waals surface area contributed by atoms with E-state index >= 15 is 0 Å². The third-order valence-corrected chi connectivity index (χ3v) is 5.87. The summed E-state index contributed by atoms with van der Waals surface area (Å²) in [5, 5.41) is 27.2.